The Kier molecular flexibility index (Phi) is 2.63. The molecule has 0 aliphatic rings. The highest BCUT2D eigenvalue weighted by atomic mass is 15.2. The number of hydrogen-bond acceptors (Lipinski definition) is 4. The minimum Gasteiger partial charge on any atom is -0.324 e. The number of hydrogen-bond donors (Lipinski definition) is 2. The highest BCUT2D eigenvalue weighted by Gasteiger charge is 2.06. The molecule has 0 aliphatic heterocycles. The van der Waals surface area contributed by atoms with Crippen LogP contribution >= 0.6 is 0 Å². The van der Waals surface area contributed by atoms with Gasteiger partial charge in [-0.2, -0.15) is 0 Å². The third-order valence-electron chi connectivity index (χ3n) is 2.84. The molecule has 3 aromatic rings. The zero-order valence-electron chi connectivity index (χ0n) is 9.67. The van der Waals surface area contributed by atoms with Crippen molar-refractivity contribution in [1.29, 1.82) is 0 Å². The molecular formula is C14H12N4. The highest BCUT2D eigenvalue weighted by molar-refractivity contribution is 5.92. The van der Waals surface area contributed by atoms with Gasteiger partial charge in [-0.15, -0.1) is 0 Å². The molecule has 2 heterocycles. The number of pyridine rings is 2. The fraction of sp³-hybridized carbons (Fsp3) is 0. The van der Waals surface area contributed by atoms with E-state index < -0.39 is 0 Å². The van der Waals surface area contributed by atoms with Gasteiger partial charge < -0.3 is 5.43 Å². The first kappa shape index (κ1) is 10.7. The number of anilines is 1. The zero-order valence-corrected chi connectivity index (χ0v) is 9.67. The van der Waals surface area contributed by atoms with Crippen molar-refractivity contribution in [2.45, 2.75) is 0 Å². The van der Waals surface area contributed by atoms with Gasteiger partial charge in [-0.05, 0) is 18.2 Å². The monoisotopic (exact) mass is 236 g/mol. The first-order chi connectivity index (χ1) is 8.88. The third-order valence-corrected chi connectivity index (χ3v) is 2.84. The summed E-state index contributed by atoms with van der Waals surface area (Å²) in [4.78, 5) is 8.79. The van der Waals surface area contributed by atoms with Crippen molar-refractivity contribution in [3.63, 3.8) is 0 Å². The average Bonchev–Trinajstić information content (AvgIpc) is 2.47. The smallest absolute Gasteiger partial charge is 0.0795 e. The predicted molar refractivity (Wildman–Crippen MR) is 72.8 cm³/mol. The van der Waals surface area contributed by atoms with Crippen molar-refractivity contribution in [2.24, 2.45) is 5.84 Å². The number of para-hydroxylation sites is 1. The molecule has 2 aromatic heterocycles. The number of rotatable bonds is 2. The van der Waals surface area contributed by atoms with Crippen molar-refractivity contribution in [3.8, 4) is 11.3 Å². The van der Waals surface area contributed by atoms with E-state index in [-0.39, 0.29) is 0 Å². The molecule has 4 nitrogen and oxygen atoms in total. The van der Waals surface area contributed by atoms with Crippen molar-refractivity contribution < 1.29 is 0 Å². The molecule has 0 aliphatic carbocycles. The first-order valence-corrected chi connectivity index (χ1v) is 5.65. The van der Waals surface area contributed by atoms with Gasteiger partial charge >= 0.3 is 0 Å². The summed E-state index contributed by atoms with van der Waals surface area (Å²) in [6.45, 7) is 0. The van der Waals surface area contributed by atoms with E-state index in [1.807, 2.05) is 42.5 Å². The molecule has 4 heteroatoms. The highest BCUT2D eigenvalue weighted by Crippen LogP contribution is 2.26. The van der Waals surface area contributed by atoms with E-state index in [0.717, 1.165) is 27.8 Å². The number of hydrazine groups is 1. The minimum atomic E-state index is 0.827. The Bertz CT molecular complexity index is 689. The number of aromatic nitrogens is 2. The third kappa shape index (κ3) is 1.78. The number of nitrogens with one attached hydrogen (secondary N) is 1. The fourth-order valence-corrected chi connectivity index (χ4v) is 1.98. The Labute approximate surface area is 104 Å². The summed E-state index contributed by atoms with van der Waals surface area (Å²) in [5.74, 6) is 5.42. The van der Waals surface area contributed by atoms with Gasteiger partial charge in [0.1, 0.15) is 0 Å². The Morgan fingerprint density at radius 1 is 0.944 bits per heavy atom. The summed E-state index contributed by atoms with van der Waals surface area (Å²) >= 11 is 0. The number of nitrogens with two attached hydrogens (primary N) is 1. The van der Waals surface area contributed by atoms with E-state index in [0.29, 0.717) is 0 Å². The van der Waals surface area contributed by atoms with Gasteiger partial charge in [0.05, 0.1) is 16.9 Å². The Hall–Kier alpha value is -2.46. The molecule has 0 saturated carbocycles. The summed E-state index contributed by atoms with van der Waals surface area (Å²) < 4.78 is 0. The molecule has 0 spiro atoms. The summed E-state index contributed by atoms with van der Waals surface area (Å²) in [5, 5.41) is 1.10. The van der Waals surface area contributed by atoms with Crippen molar-refractivity contribution >= 4 is 16.6 Å². The molecule has 1 aromatic carbocycles. The van der Waals surface area contributed by atoms with Gasteiger partial charge in [0, 0.05) is 23.3 Å². The van der Waals surface area contributed by atoms with Crippen molar-refractivity contribution in [2.75, 3.05) is 5.43 Å². The normalized spacial score (nSPS) is 10.5. The topological polar surface area (TPSA) is 63.8 Å². The molecule has 0 fully saturated rings. The SMILES string of the molecule is NNc1ccnc(-c2cccc3cccnc23)c1. The lowest BCUT2D eigenvalue weighted by Gasteiger charge is -2.06. The maximum Gasteiger partial charge on any atom is 0.0795 e. The summed E-state index contributed by atoms with van der Waals surface area (Å²) in [6.07, 6.45) is 3.52. The van der Waals surface area contributed by atoms with Gasteiger partial charge in [0.15, 0.2) is 0 Å². The lowest BCUT2D eigenvalue weighted by molar-refractivity contribution is 1.28. The fourth-order valence-electron chi connectivity index (χ4n) is 1.98. The van der Waals surface area contributed by atoms with Crippen molar-refractivity contribution in [3.05, 3.63) is 54.9 Å². The quantitative estimate of drug-likeness (QED) is 0.530. The maximum atomic E-state index is 5.42. The standard InChI is InChI=1S/C14H12N4/c15-18-11-6-8-16-13(9-11)12-5-1-3-10-4-2-7-17-14(10)12/h1-9H,15H2,(H,16,18). The van der Waals surface area contributed by atoms with E-state index in [9.17, 15) is 0 Å². The van der Waals surface area contributed by atoms with Crippen LogP contribution in [0.2, 0.25) is 0 Å². The average molecular weight is 236 g/mol. The van der Waals surface area contributed by atoms with Crippen LogP contribution in [0.4, 0.5) is 5.69 Å². The van der Waals surface area contributed by atoms with E-state index in [1.54, 1.807) is 12.4 Å². The molecule has 0 saturated heterocycles. The Morgan fingerprint density at radius 3 is 2.72 bits per heavy atom. The van der Waals surface area contributed by atoms with Gasteiger partial charge in [-0.25, -0.2) is 0 Å². The number of nitrogen functional groups attached to an aromatic ring is 1. The Balaban J connectivity index is 2.24. The van der Waals surface area contributed by atoms with Crippen LogP contribution in [-0.4, -0.2) is 9.97 Å². The molecule has 0 bridgehead atoms. The van der Waals surface area contributed by atoms with Gasteiger partial charge in [0.2, 0.25) is 0 Å². The molecule has 18 heavy (non-hydrogen) atoms. The molecule has 0 unspecified atom stereocenters. The van der Waals surface area contributed by atoms with Gasteiger partial charge in [-0.1, -0.05) is 24.3 Å². The number of nitrogens with zero attached hydrogens (tertiary/aromatic N) is 2. The first-order valence-electron chi connectivity index (χ1n) is 5.65. The van der Waals surface area contributed by atoms with Crippen LogP contribution in [0.3, 0.4) is 0 Å². The molecule has 0 radical (unpaired) electrons. The van der Waals surface area contributed by atoms with Crippen LogP contribution in [0.15, 0.2) is 54.9 Å². The van der Waals surface area contributed by atoms with Gasteiger partial charge in [-0.3, -0.25) is 15.8 Å². The molecular weight excluding hydrogens is 224 g/mol. The molecule has 3 rings (SSSR count). The van der Waals surface area contributed by atoms with Crippen LogP contribution in [0.25, 0.3) is 22.2 Å². The van der Waals surface area contributed by atoms with E-state index in [1.165, 1.54) is 0 Å². The maximum absolute atomic E-state index is 5.42. The van der Waals surface area contributed by atoms with Crippen LogP contribution < -0.4 is 11.3 Å². The van der Waals surface area contributed by atoms with Gasteiger partial charge in [0.25, 0.3) is 0 Å². The molecule has 0 amide bonds. The van der Waals surface area contributed by atoms with Crippen LogP contribution in [0.5, 0.6) is 0 Å². The second kappa shape index (κ2) is 4.43. The van der Waals surface area contributed by atoms with Crippen molar-refractivity contribution in [1.82, 2.24) is 9.97 Å². The molecule has 0 atom stereocenters. The van der Waals surface area contributed by atoms with Crippen LogP contribution in [0, 0.1) is 0 Å². The summed E-state index contributed by atoms with van der Waals surface area (Å²) in [6, 6.07) is 13.7. The lowest BCUT2D eigenvalue weighted by Crippen LogP contribution is -2.06. The number of fused-ring (bicyclic) bond motifs is 1. The second-order valence-electron chi connectivity index (χ2n) is 3.95. The zero-order chi connectivity index (χ0) is 12.4. The largest absolute Gasteiger partial charge is 0.324 e. The molecule has 88 valence electrons. The van der Waals surface area contributed by atoms with E-state index in [2.05, 4.69) is 15.4 Å². The predicted octanol–water partition coefficient (Wildman–Crippen LogP) is 2.58. The van der Waals surface area contributed by atoms with E-state index >= 15 is 0 Å². The number of benzene rings is 1. The van der Waals surface area contributed by atoms with E-state index in [4.69, 9.17) is 5.84 Å². The van der Waals surface area contributed by atoms with Crippen LogP contribution in [-0.2, 0) is 0 Å². The summed E-state index contributed by atoms with van der Waals surface area (Å²) in [5.41, 5.74) is 6.26. The Morgan fingerprint density at radius 2 is 1.83 bits per heavy atom. The van der Waals surface area contributed by atoms with Crippen LogP contribution in [0.1, 0.15) is 0 Å². The minimum absolute atomic E-state index is 0.827. The molecule has 3 N–H and O–H groups in total. The second-order valence-corrected chi connectivity index (χ2v) is 3.95. The lowest BCUT2D eigenvalue weighted by atomic mass is 10.1. The summed E-state index contributed by atoms with van der Waals surface area (Å²) in [7, 11) is 0.